The molecule has 0 unspecified atom stereocenters. The van der Waals surface area contributed by atoms with Gasteiger partial charge in [-0.3, -0.25) is 54.6 Å². The molecule has 0 aliphatic rings. The van der Waals surface area contributed by atoms with Crippen molar-refractivity contribution in [3.63, 3.8) is 0 Å². The minimum atomic E-state index is -1.57. The van der Waals surface area contributed by atoms with Crippen molar-refractivity contribution >= 4 is 137 Å². The molecule has 0 radical (unpaired) electrons. The number of carboxylic acids is 1. The van der Waals surface area contributed by atoms with E-state index in [1.165, 1.54) is 0 Å². The SMILES string of the molecule is N=C(N)NCCC[C@H](NC(=O)[C@H](CCCNC(=N)N)NC(=O)[C@@H](N)CCCNC(=N)N)C(=O)N[C@@H](Cc1c[nH]c2ccccc12)C(=O)N[C@@H](Cc1c[nH]c2ccccc12)C(=O)N[C@@H](Cc1c[nH]c2ccccc12)C(=O)N[C@@H](Cc1c[nH]c2ccccc12)C(=O)N[C@@H](Cc1c[nH]c2ccccc12)C(=O)N[C@@H](Cc1c[nH]c2ccccc12)C(=O)O. The third-order valence-corrected chi connectivity index (χ3v) is 21.0. The van der Waals surface area contributed by atoms with E-state index in [0.717, 1.165) is 21.8 Å². The summed E-state index contributed by atoms with van der Waals surface area (Å²) in [5.74, 6) is -9.00. The first-order valence-electron chi connectivity index (χ1n) is 39.0. The number of carbonyl (C=O) groups is 9. The number of aromatic nitrogens is 6. The Morgan fingerprint density at radius 3 is 0.720 bits per heavy atom. The fourth-order valence-corrected chi connectivity index (χ4v) is 14.8. The lowest BCUT2D eigenvalue weighted by molar-refractivity contribution is -0.142. The molecule has 0 fully saturated rings. The lowest BCUT2D eigenvalue weighted by Crippen LogP contribution is -2.61. The Labute approximate surface area is 676 Å². The molecule has 614 valence electrons. The number of H-pyrrole nitrogens is 6. The Kier molecular flexibility index (Phi) is 27.5. The standard InChI is InChI=1S/C84H98N24O10/c85-58(22-13-31-92-82(86)87)73(109)101-65(29-14-32-93-83(88)89)74(110)102-66(30-15-33-94-84(90)91)75(111)103-67(34-46-40-95-59-23-7-1-16-52(46)59)76(112)104-68(35-47-41-96-60-24-8-2-17-53(47)60)77(113)105-69(36-48-42-97-61-25-9-3-18-54(48)61)78(114)106-70(37-49-43-98-62-26-10-4-19-55(49)62)79(115)107-71(38-50-44-99-63-27-11-5-20-56(50)63)80(116)108-72(81(117)118)39-51-45-100-64-28-12-6-21-57(51)64/h1-12,16-21,23-28,40-45,58,65-72,95-100H,13-15,22,29-39,85H2,(H,101,109)(H,102,110)(H,103,111)(H,104,112)(H,105,113)(H,106,114)(H,107,115)(H,108,116)(H,117,118)(H4,86,87,92)(H4,88,89,93)(H4,90,91,94)/t58-,65-,66-,67-,68-,69-,70-,71-,72-/m0/s1. The summed E-state index contributed by atoms with van der Waals surface area (Å²) in [7, 11) is 0. The fraction of sp³-hybridized carbons (Fsp3) is 0.286. The minimum Gasteiger partial charge on any atom is -0.480 e. The van der Waals surface area contributed by atoms with Gasteiger partial charge in [-0.25, -0.2) is 4.79 Å². The topological polar surface area (TPSA) is 577 Å². The molecule has 12 rings (SSSR count). The molecule has 6 heterocycles. The quantitative estimate of drug-likeness (QED) is 0.0148. The van der Waals surface area contributed by atoms with Crippen molar-refractivity contribution in [3.8, 4) is 0 Å². The molecule has 29 N–H and O–H groups in total. The van der Waals surface area contributed by atoms with Crippen LogP contribution in [0.2, 0.25) is 0 Å². The van der Waals surface area contributed by atoms with E-state index < -0.39 is 108 Å². The monoisotopic (exact) mass is 1600 g/mol. The zero-order valence-electron chi connectivity index (χ0n) is 64.6. The molecule has 0 spiro atoms. The summed E-state index contributed by atoms with van der Waals surface area (Å²) < 4.78 is 0. The molecule has 34 heteroatoms. The van der Waals surface area contributed by atoms with E-state index in [4.69, 9.17) is 39.2 Å². The van der Waals surface area contributed by atoms with E-state index in [9.17, 15) is 19.5 Å². The number of fused-ring (bicyclic) bond motifs is 6. The maximum absolute atomic E-state index is 16.1. The van der Waals surface area contributed by atoms with Crippen molar-refractivity contribution < 1.29 is 48.3 Å². The van der Waals surface area contributed by atoms with Crippen LogP contribution in [0, 0.1) is 16.2 Å². The minimum absolute atomic E-state index is 0.0343. The highest BCUT2D eigenvalue weighted by molar-refractivity contribution is 6.01. The predicted octanol–water partition coefficient (Wildman–Crippen LogP) is 3.41. The van der Waals surface area contributed by atoms with E-state index in [1.807, 2.05) is 133 Å². The number of para-hydroxylation sites is 6. The second-order valence-corrected chi connectivity index (χ2v) is 29.3. The summed E-state index contributed by atoms with van der Waals surface area (Å²) in [5, 5.41) is 69.0. The number of benzene rings is 6. The van der Waals surface area contributed by atoms with E-state index >= 15 is 28.8 Å². The van der Waals surface area contributed by atoms with Crippen LogP contribution < -0.4 is 81.4 Å². The first-order valence-corrected chi connectivity index (χ1v) is 39.0. The summed E-state index contributed by atoms with van der Waals surface area (Å²) in [4.78, 5) is 155. The second kappa shape index (κ2) is 39.1. The molecule has 6 aromatic heterocycles. The fourth-order valence-electron chi connectivity index (χ4n) is 14.8. The van der Waals surface area contributed by atoms with Crippen molar-refractivity contribution in [1.29, 1.82) is 16.2 Å². The van der Waals surface area contributed by atoms with Gasteiger partial charge in [0.2, 0.25) is 47.3 Å². The molecule has 34 nitrogen and oxygen atoms in total. The van der Waals surface area contributed by atoms with Gasteiger partial charge in [0.15, 0.2) is 17.9 Å². The van der Waals surface area contributed by atoms with E-state index in [1.54, 1.807) is 49.3 Å². The molecule has 9 atom stereocenters. The molecule has 118 heavy (non-hydrogen) atoms. The summed E-state index contributed by atoms with van der Waals surface area (Å²) in [5.41, 5.74) is 30.8. The largest absolute Gasteiger partial charge is 0.480 e. The first-order chi connectivity index (χ1) is 57.0. The highest BCUT2D eigenvalue weighted by Crippen LogP contribution is 2.27. The maximum Gasteiger partial charge on any atom is 0.326 e. The molecule has 0 aliphatic heterocycles. The highest BCUT2D eigenvalue weighted by Gasteiger charge is 2.38. The Morgan fingerprint density at radius 2 is 0.483 bits per heavy atom. The summed E-state index contributed by atoms with van der Waals surface area (Å²) in [6, 6.07) is 30.9. The van der Waals surface area contributed by atoms with Gasteiger partial charge in [0, 0.05) is 161 Å². The number of aliphatic carboxylic acids is 1. The number of amides is 8. The molecule has 8 amide bonds. The molecule has 0 saturated carbocycles. The van der Waals surface area contributed by atoms with Crippen LogP contribution in [0.4, 0.5) is 0 Å². The summed E-state index contributed by atoms with van der Waals surface area (Å²) >= 11 is 0. The highest BCUT2D eigenvalue weighted by atomic mass is 16.4. The number of guanidine groups is 3. The van der Waals surface area contributed by atoms with Crippen molar-refractivity contribution in [2.24, 2.45) is 22.9 Å². The molecule has 0 aliphatic carbocycles. The number of hydrogen-bond donors (Lipinski definition) is 25. The third kappa shape index (κ3) is 21.5. The molecular formula is C84H98N24O10. The number of carboxylic acid groups (broad SMARTS) is 1. The van der Waals surface area contributed by atoms with Crippen LogP contribution in [0.5, 0.6) is 0 Å². The van der Waals surface area contributed by atoms with Crippen molar-refractivity contribution in [1.82, 2.24) is 88.4 Å². The number of rotatable bonds is 41. The average Bonchev–Trinajstić information content (AvgIpc) is 1.62. The second-order valence-electron chi connectivity index (χ2n) is 29.3. The van der Waals surface area contributed by atoms with Gasteiger partial charge in [-0.1, -0.05) is 109 Å². The molecule has 0 bridgehead atoms. The lowest BCUT2D eigenvalue weighted by Gasteiger charge is -2.28. The van der Waals surface area contributed by atoms with Crippen LogP contribution in [0.3, 0.4) is 0 Å². The van der Waals surface area contributed by atoms with Crippen LogP contribution in [-0.4, -0.2) is 180 Å². The van der Waals surface area contributed by atoms with Gasteiger partial charge in [0.1, 0.15) is 48.3 Å². The van der Waals surface area contributed by atoms with Gasteiger partial charge in [-0.15, -0.1) is 0 Å². The Bertz CT molecular complexity index is 5640. The van der Waals surface area contributed by atoms with Crippen LogP contribution in [0.25, 0.3) is 65.4 Å². The van der Waals surface area contributed by atoms with Crippen molar-refractivity contribution in [2.45, 2.75) is 131 Å². The normalized spacial score (nSPS) is 13.7. The van der Waals surface area contributed by atoms with Crippen LogP contribution in [0.1, 0.15) is 71.9 Å². The van der Waals surface area contributed by atoms with E-state index in [0.29, 0.717) is 83.4 Å². The number of hydrogen-bond acceptors (Lipinski definition) is 13. The molecule has 6 aromatic carbocycles. The van der Waals surface area contributed by atoms with Crippen LogP contribution >= 0.6 is 0 Å². The van der Waals surface area contributed by atoms with Gasteiger partial charge in [0.25, 0.3) is 0 Å². The van der Waals surface area contributed by atoms with Crippen LogP contribution in [0.15, 0.2) is 183 Å². The number of aromatic amines is 6. The Morgan fingerprint density at radius 1 is 0.288 bits per heavy atom. The van der Waals surface area contributed by atoms with Gasteiger partial charge >= 0.3 is 5.97 Å². The smallest absolute Gasteiger partial charge is 0.326 e. The van der Waals surface area contributed by atoms with Gasteiger partial charge in [-0.2, -0.15) is 0 Å². The zero-order valence-corrected chi connectivity index (χ0v) is 64.6. The van der Waals surface area contributed by atoms with E-state index in [-0.39, 0.29) is 108 Å². The molecule has 12 aromatic rings. The first kappa shape index (κ1) is 83.0. The third-order valence-electron chi connectivity index (χ3n) is 21.0. The van der Waals surface area contributed by atoms with Crippen molar-refractivity contribution in [3.05, 3.63) is 216 Å². The molecular weight excluding hydrogens is 1510 g/mol. The Balaban J connectivity index is 0.873. The van der Waals surface area contributed by atoms with Gasteiger partial charge < -0.3 is 116 Å². The lowest BCUT2D eigenvalue weighted by atomic mass is 9.99. The molecule has 0 saturated heterocycles. The number of carbonyl (C=O) groups excluding carboxylic acids is 8. The van der Waals surface area contributed by atoms with E-state index in [2.05, 4.69) is 88.4 Å². The van der Waals surface area contributed by atoms with Gasteiger partial charge in [0.05, 0.1) is 6.04 Å². The zero-order chi connectivity index (χ0) is 83.4. The maximum atomic E-state index is 16.1. The summed E-state index contributed by atoms with van der Waals surface area (Å²) in [6.07, 6.45) is 9.69. The summed E-state index contributed by atoms with van der Waals surface area (Å²) in [6.45, 7) is 0.431. The van der Waals surface area contributed by atoms with Crippen molar-refractivity contribution in [2.75, 3.05) is 19.6 Å². The predicted molar refractivity (Wildman–Crippen MR) is 451 cm³/mol. The Hall–Kier alpha value is -14.4. The van der Waals surface area contributed by atoms with Crippen LogP contribution in [-0.2, 0) is 81.7 Å². The number of nitrogens with one attached hydrogen (secondary N) is 20. The average molecular weight is 1600 g/mol. The van der Waals surface area contributed by atoms with Gasteiger partial charge in [-0.05, 0) is 108 Å². The number of nitrogens with two attached hydrogens (primary N) is 4.